The molecular formula is C12H21N3O5. The van der Waals surface area contributed by atoms with Gasteiger partial charge in [0.15, 0.2) is 0 Å². The molecule has 0 saturated carbocycles. The normalized spacial score (nSPS) is 21.6. The van der Waals surface area contributed by atoms with Crippen LogP contribution in [0.4, 0.5) is 4.79 Å². The third kappa shape index (κ3) is 3.60. The van der Waals surface area contributed by atoms with Gasteiger partial charge in [0, 0.05) is 33.7 Å². The Bertz CT molecular complexity index is 387. The second kappa shape index (κ2) is 7.09. The van der Waals surface area contributed by atoms with E-state index in [1.54, 1.807) is 6.92 Å². The number of carbonyl (C=O) groups excluding carboxylic acids is 2. The molecule has 0 aromatic rings. The van der Waals surface area contributed by atoms with Gasteiger partial charge in [0.2, 0.25) is 5.91 Å². The fourth-order valence-corrected chi connectivity index (χ4v) is 2.16. The average molecular weight is 287 g/mol. The van der Waals surface area contributed by atoms with Crippen molar-refractivity contribution >= 4 is 17.9 Å². The third-order valence-corrected chi connectivity index (χ3v) is 3.39. The highest BCUT2D eigenvalue weighted by molar-refractivity contribution is 5.87. The summed E-state index contributed by atoms with van der Waals surface area (Å²) in [5.41, 5.74) is 0. The molecule has 114 valence electrons. The Morgan fingerprint density at radius 3 is 2.55 bits per heavy atom. The maximum Gasteiger partial charge on any atom is 0.326 e. The van der Waals surface area contributed by atoms with Crippen molar-refractivity contribution in [2.75, 3.05) is 33.8 Å². The Labute approximate surface area is 117 Å². The number of ether oxygens (including phenoxy) is 1. The molecule has 0 radical (unpaired) electrons. The van der Waals surface area contributed by atoms with Crippen LogP contribution < -0.4 is 5.32 Å². The van der Waals surface area contributed by atoms with Gasteiger partial charge in [0.25, 0.3) is 0 Å². The number of carboxylic acids is 1. The summed E-state index contributed by atoms with van der Waals surface area (Å²) in [4.78, 5) is 37.5. The highest BCUT2D eigenvalue weighted by Gasteiger charge is 2.41. The van der Waals surface area contributed by atoms with E-state index in [4.69, 9.17) is 4.74 Å². The first kappa shape index (κ1) is 16.2. The van der Waals surface area contributed by atoms with Crippen molar-refractivity contribution in [2.45, 2.75) is 25.5 Å². The van der Waals surface area contributed by atoms with E-state index in [1.165, 1.54) is 24.0 Å². The fraction of sp³-hybridized carbons (Fsp3) is 0.750. The summed E-state index contributed by atoms with van der Waals surface area (Å²) in [6, 6.07) is -1.37. The van der Waals surface area contributed by atoms with E-state index in [0.717, 1.165) is 0 Å². The molecule has 0 aliphatic carbocycles. The molecule has 1 aliphatic heterocycles. The van der Waals surface area contributed by atoms with Gasteiger partial charge in [0.1, 0.15) is 12.6 Å². The first-order chi connectivity index (χ1) is 9.44. The number of nitrogens with one attached hydrogen (secondary N) is 1. The van der Waals surface area contributed by atoms with Crippen molar-refractivity contribution in [3.63, 3.8) is 0 Å². The summed E-state index contributed by atoms with van der Waals surface area (Å²) in [6.07, 6.45) is -0.0338. The lowest BCUT2D eigenvalue weighted by molar-refractivity contribution is -0.141. The maximum absolute atomic E-state index is 12.4. The van der Waals surface area contributed by atoms with Crippen LogP contribution in [-0.2, 0) is 14.3 Å². The second-order valence-corrected chi connectivity index (χ2v) is 4.57. The molecular weight excluding hydrogens is 266 g/mol. The van der Waals surface area contributed by atoms with Crippen molar-refractivity contribution in [1.29, 1.82) is 0 Å². The largest absolute Gasteiger partial charge is 0.480 e. The highest BCUT2D eigenvalue weighted by Crippen LogP contribution is 2.21. The molecule has 3 amide bonds. The number of likely N-dealkylation sites (tertiary alicyclic amines) is 1. The van der Waals surface area contributed by atoms with Crippen molar-refractivity contribution in [3.05, 3.63) is 0 Å². The second-order valence-electron chi connectivity index (χ2n) is 4.57. The smallest absolute Gasteiger partial charge is 0.326 e. The van der Waals surface area contributed by atoms with Gasteiger partial charge in [-0.1, -0.05) is 0 Å². The van der Waals surface area contributed by atoms with Crippen LogP contribution in [0.15, 0.2) is 0 Å². The SMILES string of the molecule is CCN(CC(=O)NC)C(=O)N1CC(OC)CC1C(=O)O. The Balaban J connectivity index is 2.81. The van der Waals surface area contributed by atoms with E-state index in [9.17, 15) is 19.5 Å². The number of amides is 3. The molecule has 0 aromatic heterocycles. The van der Waals surface area contributed by atoms with E-state index in [-0.39, 0.29) is 31.5 Å². The molecule has 0 aromatic carbocycles. The van der Waals surface area contributed by atoms with Gasteiger partial charge in [0.05, 0.1) is 6.10 Å². The number of hydrogen-bond acceptors (Lipinski definition) is 4. The van der Waals surface area contributed by atoms with Crippen LogP contribution in [0.2, 0.25) is 0 Å². The van der Waals surface area contributed by atoms with E-state index < -0.39 is 18.0 Å². The first-order valence-electron chi connectivity index (χ1n) is 6.46. The molecule has 1 saturated heterocycles. The Morgan fingerprint density at radius 2 is 2.10 bits per heavy atom. The minimum absolute atomic E-state index is 0.0910. The molecule has 8 nitrogen and oxygen atoms in total. The van der Waals surface area contributed by atoms with Gasteiger partial charge in [-0.25, -0.2) is 9.59 Å². The van der Waals surface area contributed by atoms with Crippen LogP contribution in [0.1, 0.15) is 13.3 Å². The zero-order valence-electron chi connectivity index (χ0n) is 12.0. The number of carboxylic acid groups (broad SMARTS) is 1. The van der Waals surface area contributed by atoms with Crippen molar-refractivity contribution in [3.8, 4) is 0 Å². The predicted molar refractivity (Wildman–Crippen MR) is 70.3 cm³/mol. The van der Waals surface area contributed by atoms with Gasteiger partial charge in [-0.05, 0) is 6.92 Å². The third-order valence-electron chi connectivity index (χ3n) is 3.39. The van der Waals surface area contributed by atoms with E-state index in [1.807, 2.05) is 0 Å². The van der Waals surface area contributed by atoms with Gasteiger partial charge in [-0.3, -0.25) is 4.79 Å². The molecule has 2 N–H and O–H groups in total. The van der Waals surface area contributed by atoms with Crippen LogP contribution in [0.3, 0.4) is 0 Å². The molecule has 2 unspecified atom stereocenters. The van der Waals surface area contributed by atoms with Gasteiger partial charge < -0.3 is 25.0 Å². The lowest BCUT2D eigenvalue weighted by atomic mass is 10.2. The van der Waals surface area contributed by atoms with E-state index in [0.29, 0.717) is 6.54 Å². The molecule has 1 heterocycles. The molecule has 1 aliphatic rings. The van der Waals surface area contributed by atoms with Crippen LogP contribution in [-0.4, -0.2) is 78.8 Å². The van der Waals surface area contributed by atoms with Crippen LogP contribution in [0, 0.1) is 0 Å². The minimum atomic E-state index is -1.06. The van der Waals surface area contributed by atoms with Crippen molar-refractivity contribution < 1.29 is 24.2 Å². The number of likely N-dealkylation sites (N-methyl/N-ethyl adjacent to an activating group) is 2. The fourth-order valence-electron chi connectivity index (χ4n) is 2.16. The molecule has 0 bridgehead atoms. The zero-order chi connectivity index (χ0) is 15.3. The summed E-state index contributed by atoms with van der Waals surface area (Å²) in [5.74, 6) is -1.36. The van der Waals surface area contributed by atoms with Gasteiger partial charge in [-0.2, -0.15) is 0 Å². The summed E-state index contributed by atoms with van der Waals surface area (Å²) >= 11 is 0. The topological polar surface area (TPSA) is 99.2 Å². The molecule has 8 heteroatoms. The summed E-state index contributed by atoms with van der Waals surface area (Å²) in [7, 11) is 2.97. The van der Waals surface area contributed by atoms with Crippen molar-refractivity contribution in [2.24, 2.45) is 0 Å². The lowest BCUT2D eigenvalue weighted by Crippen LogP contribution is -2.50. The van der Waals surface area contributed by atoms with Crippen molar-refractivity contribution in [1.82, 2.24) is 15.1 Å². The summed E-state index contributed by atoms with van der Waals surface area (Å²) in [5, 5.41) is 11.6. The predicted octanol–water partition coefficient (Wildman–Crippen LogP) is -0.652. The Kier molecular flexibility index (Phi) is 5.75. The minimum Gasteiger partial charge on any atom is -0.480 e. The van der Waals surface area contributed by atoms with E-state index >= 15 is 0 Å². The standard InChI is InChI=1S/C12H21N3O5/c1-4-14(7-10(16)13-2)12(19)15-6-8(20-3)5-9(15)11(17)18/h8-9H,4-7H2,1-3H3,(H,13,16)(H,17,18). The molecule has 2 atom stereocenters. The number of hydrogen-bond donors (Lipinski definition) is 2. The zero-order valence-corrected chi connectivity index (χ0v) is 12.0. The monoisotopic (exact) mass is 287 g/mol. The number of rotatable bonds is 5. The van der Waals surface area contributed by atoms with E-state index in [2.05, 4.69) is 5.32 Å². The number of methoxy groups -OCH3 is 1. The molecule has 20 heavy (non-hydrogen) atoms. The van der Waals surface area contributed by atoms with Gasteiger partial charge >= 0.3 is 12.0 Å². The first-order valence-corrected chi connectivity index (χ1v) is 6.46. The molecule has 1 rings (SSSR count). The Morgan fingerprint density at radius 1 is 1.45 bits per heavy atom. The average Bonchev–Trinajstić information content (AvgIpc) is 2.88. The lowest BCUT2D eigenvalue weighted by Gasteiger charge is -2.28. The highest BCUT2D eigenvalue weighted by atomic mass is 16.5. The summed E-state index contributed by atoms with van der Waals surface area (Å²) in [6.45, 7) is 2.19. The number of urea groups is 1. The van der Waals surface area contributed by atoms with Crippen LogP contribution in [0.25, 0.3) is 0 Å². The summed E-state index contributed by atoms with van der Waals surface area (Å²) < 4.78 is 5.13. The molecule has 1 fully saturated rings. The van der Waals surface area contributed by atoms with Gasteiger partial charge in [-0.15, -0.1) is 0 Å². The quantitative estimate of drug-likeness (QED) is 0.700. The number of nitrogens with zero attached hydrogens (tertiary/aromatic N) is 2. The van der Waals surface area contributed by atoms with Crippen LogP contribution in [0.5, 0.6) is 0 Å². The number of aliphatic carboxylic acids is 1. The van der Waals surface area contributed by atoms with Crippen LogP contribution >= 0.6 is 0 Å². The number of carbonyl (C=O) groups is 3. The molecule has 0 spiro atoms. The maximum atomic E-state index is 12.4. The Hall–Kier alpha value is -1.83.